The topological polar surface area (TPSA) is 32.3 Å². The molecule has 2 heterocycles. The fraction of sp³-hybridized carbons (Fsp3) is 0.333. The minimum atomic E-state index is -0.211. The van der Waals surface area contributed by atoms with Crippen molar-refractivity contribution in [3.8, 4) is 0 Å². The molecule has 0 spiro atoms. The van der Waals surface area contributed by atoms with Crippen LogP contribution in [-0.4, -0.2) is 29.0 Å². The Bertz CT molecular complexity index is 692. The van der Waals surface area contributed by atoms with Crippen LogP contribution in [0.4, 0.5) is 0 Å². The van der Waals surface area contributed by atoms with Gasteiger partial charge in [0, 0.05) is 23.2 Å². The van der Waals surface area contributed by atoms with Crippen LogP contribution in [0.5, 0.6) is 0 Å². The number of benzene rings is 1. The fourth-order valence-corrected chi connectivity index (χ4v) is 4.18. The van der Waals surface area contributed by atoms with Crippen LogP contribution in [0.1, 0.15) is 28.9 Å². The zero-order chi connectivity index (χ0) is 14.8. The Morgan fingerprint density at radius 2 is 1.95 bits per heavy atom. The molecule has 0 radical (unpaired) electrons. The monoisotopic (exact) mass is 338 g/mol. The Labute approximate surface area is 137 Å². The zero-order valence-electron chi connectivity index (χ0n) is 11.4. The highest BCUT2D eigenvalue weighted by Crippen LogP contribution is 2.34. The number of likely N-dealkylation sites (tertiary alicyclic amines) is 1. The standard InChI is InChI=1S/C15H15ClN2OS2/c16-12-10-6-2-3-7-11(10)21-13(12)14(19)17-15(20)18-8-4-1-5-9-18/h2-3,6-7H,1,4-5,8-9H2,(H,17,19,20). The molecule has 2 aromatic rings. The Morgan fingerprint density at radius 1 is 1.24 bits per heavy atom. The van der Waals surface area contributed by atoms with E-state index in [1.807, 2.05) is 24.3 Å². The van der Waals surface area contributed by atoms with E-state index in [4.69, 9.17) is 23.8 Å². The Kier molecular flexibility index (Phi) is 4.42. The van der Waals surface area contributed by atoms with Crippen molar-refractivity contribution in [2.24, 2.45) is 0 Å². The number of carbonyl (C=O) groups is 1. The third-order valence-electron chi connectivity index (χ3n) is 3.60. The molecule has 6 heteroatoms. The van der Waals surface area contributed by atoms with Gasteiger partial charge in [-0.25, -0.2) is 0 Å². The molecule has 1 aromatic heterocycles. The summed E-state index contributed by atoms with van der Waals surface area (Å²) in [5.41, 5.74) is 0. The van der Waals surface area contributed by atoms with Crippen LogP contribution < -0.4 is 5.32 Å². The number of hydrogen-bond acceptors (Lipinski definition) is 3. The minimum Gasteiger partial charge on any atom is -0.349 e. The summed E-state index contributed by atoms with van der Waals surface area (Å²) in [6.07, 6.45) is 3.48. The van der Waals surface area contributed by atoms with Gasteiger partial charge >= 0.3 is 0 Å². The van der Waals surface area contributed by atoms with Gasteiger partial charge in [0.2, 0.25) is 0 Å². The second-order valence-electron chi connectivity index (χ2n) is 5.05. The second-order valence-corrected chi connectivity index (χ2v) is 6.87. The van der Waals surface area contributed by atoms with Gasteiger partial charge in [-0.05, 0) is 37.5 Å². The average Bonchev–Trinajstić information content (AvgIpc) is 2.86. The number of nitrogens with one attached hydrogen (secondary N) is 1. The zero-order valence-corrected chi connectivity index (χ0v) is 13.8. The van der Waals surface area contributed by atoms with Gasteiger partial charge in [-0.2, -0.15) is 0 Å². The van der Waals surface area contributed by atoms with Crippen LogP contribution in [0.25, 0.3) is 10.1 Å². The first-order valence-electron chi connectivity index (χ1n) is 6.94. The van der Waals surface area contributed by atoms with Crippen molar-refractivity contribution in [2.45, 2.75) is 19.3 Å². The summed E-state index contributed by atoms with van der Waals surface area (Å²) < 4.78 is 1.01. The highest BCUT2D eigenvalue weighted by molar-refractivity contribution is 7.80. The molecular weight excluding hydrogens is 324 g/mol. The lowest BCUT2D eigenvalue weighted by molar-refractivity contribution is 0.0976. The van der Waals surface area contributed by atoms with Crippen molar-refractivity contribution in [1.29, 1.82) is 0 Å². The molecule has 1 amide bonds. The van der Waals surface area contributed by atoms with Crippen LogP contribution in [-0.2, 0) is 0 Å². The predicted molar refractivity (Wildman–Crippen MR) is 92.3 cm³/mol. The van der Waals surface area contributed by atoms with Crippen molar-refractivity contribution < 1.29 is 4.79 Å². The number of piperidine rings is 1. The molecule has 1 aliphatic rings. The van der Waals surface area contributed by atoms with Crippen LogP contribution >= 0.6 is 35.2 Å². The van der Waals surface area contributed by atoms with Crippen LogP contribution in [0, 0.1) is 0 Å². The number of carbonyl (C=O) groups excluding carboxylic acids is 1. The van der Waals surface area contributed by atoms with Crippen LogP contribution in [0.15, 0.2) is 24.3 Å². The molecule has 0 bridgehead atoms. The number of nitrogens with zero attached hydrogens (tertiary/aromatic N) is 1. The SMILES string of the molecule is O=C(NC(=S)N1CCCCC1)c1sc2ccccc2c1Cl. The van der Waals surface area contributed by atoms with Crippen molar-refractivity contribution >= 4 is 56.3 Å². The summed E-state index contributed by atoms with van der Waals surface area (Å²) >= 11 is 13.0. The molecule has 3 nitrogen and oxygen atoms in total. The Hall–Kier alpha value is -1.17. The third kappa shape index (κ3) is 3.05. The quantitative estimate of drug-likeness (QED) is 0.796. The van der Waals surface area contributed by atoms with E-state index in [2.05, 4.69) is 10.2 Å². The van der Waals surface area contributed by atoms with E-state index in [-0.39, 0.29) is 5.91 Å². The second kappa shape index (κ2) is 6.30. The van der Waals surface area contributed by atoms with Gasteiger partial charge in [0.25, 0.3) is 5.91 Å². The molecule has 1 N–H and O–H groups in total. The first kappa shape index (κ1) is 14.8. The van der Waals surface area contributed by atoms with Crippen LogP contribution in [0.2, 0.25) is 5.02 Å². The molecule has 1 fully saturated rings. The summed E-state index contributed by atoms with van der Waals surface area (Å²) in [5, 5.41) is 4.74. The van der Waals surface area contributed by atoms with Gasteiger partial charge in [0.05, 0.1) is 5.02 Å². The van der Waals surface area contributed by atoms with Gasteiger partial charge in [-0.15, -0.1) is 11.3 Å². The molecule has 21 heavy (non-hydrogen) atoms. The highest BCUT2D eigenvalue weighted by Gasteiger charge is 2.20. The number of halogens is 1. The van der Waals surface area contributed by atoms with Gasteiger partial charge in [-0.3, -0.25) is 10.1 Å². The third-order valence-corrected chi connectivity index (χ3v) is 5.64. The van der Waals surface area contributed by atoms with E-state index in [9.17, 15) is 4.79 Å². The molecule has 1 aromatic carbocycles. The van der Waals surface area contributed by atoms with Gasteiger partial charge in [0.1, 0.15) is 4.88 Å². The van der Waals surface area contributed by atoms with Gasteiger partial charge in [-0.1, -0.05) is 29.8 Å². The van der Waals surface area contributed by atoms with Crippen LogP contribution in [0.3, 0.4) is 0 Å². The molecule has 0 atom stereocenters. The molecule has 0 unspecified atom stereocenters. The lowest BCUT2D eigenvalue weighted by Crippen LogP contribution is -2.44. The van der Waals surface area contributed by atoms with E-state index in [1.165, 1.54) is 17.8 Å². The van der Waals surface area contributed by atoms with Gasteiger partial charge in [0.15, 0.2) is 5.11 Å². The number of amides is 1. The highest BCUT2D eigenvalue weighted by atomic mass is 35.5. The van der Waals surface area contributed by atoms with Crippen molar-refractivity contribution in [1.82, 2.24) is 10.2 Å². The molecule has 0 aliphatic carbocycles. The molecule has 1 saturated heterocycles. The average molecular weight is 339 g/mol. The number of rotatable bonds is 1. The summed E-state index contributed by atoms with van der Waals surface area (Å²) in [6, 6.07) is 7.75. The molecule has 3 rings (SSSR count). The van der Waals surface area contributed by atoms with Crippen molar-refractivity contribution in [2.75, 3.05) is 13.1 Å². The van der Waals surface area contributed by atoms with E-state index >= 15 is 0 Å². The summed E-state index contributed by atoms with van der Waals surface area (Å²) in [4.78, 5) is 15.0. The number of thiocarbonyl (C=S) groups is 1. The van der Waals surface area contributed by atoms with E-state index < -0.39 is 0 Å². The predicted octanol–water partition coefficient (Wildman–Crippen LogP) is 4.06. The van der Waals surface area contributed by atoms with Crippen molar-refractivity contribution in [3.63, 3.8) is 0 Å². The molecule has 110 valence electrons. The lowest BCUT2D eigenvalue weighted by Gasteiger charge is -2.28. The molecule has 1 aliphatic heterocycles. The van der Waals surface area contributed by atoms with Crippen molar-refractivity contribution in [3.05, 3.63) is 34.2 Å². The Morgan fingerprint density at radius 3 is 2.67 bits per heavy atom. The smallest absolute Gasteiger partial charge is 0.269 e. The maximum atomic E-state index is 12.4. The summed E-state index contributed by atoms with van der Waals surface area (Å²) in [7, 11) is 0. The number of thiophene rings is 1. The first-order valence-corrected chi connectivity index (χ1v) is 8.54. The first-order chi connectivity index (χ1) is 10.2. The van der Waals surface area contributed by atoms with E-state index in [0.717, 1.165) is 36.0 Å². The summed E-state index contributed by atoms with van der Waals surface area (Å²) in [6.45, 7) is 1.83. The maximum Gasteiger partial charge on any atom is 0.269 e. The Balaban J connectivity index is 1.77. The van der Waals surface area contributed by atoms with E-state index in [1.54, 1.807) is 0 Å². The molecular formula is C15H15ClN2OS2. The summed E-state index contributed by atoms with van der Waals surface area (Å²) in [5.74, 6) is -0.211. The van der Waals surface area contributed by atoms with E-state index in [0.29, 0.717) is 15.0 Å². The fourth-order valence-electron chi connectivity index (χ4n) is 2.49. The molecule has 0 saturated carbocycles. The normalized spacial score (nSPS) is 15.2. The van der Waals surface area contributed by atoms with Gasteiger partial charge < -0.3 is 4.90 Å². The number of hydrogen-bond donors (Lipinski definition) is 1. The maximum absolute atomic E-state index is 12.4. The lowest BCUT2D eigenvalue weighted by atomic mass is 10.1. The number of fused-ring (bicyclic) bond motifs is 1. The minimum absolute atomic E-state index is 0.211. The largest absolute Gasteiger partial charge is 0.349 e.